The highest BCUT2D eigenvalue weighted by Crippen LogP contribution is 2.13. The van der Waals surface area contributed by atoms with Crippen LogP contribution in [0.3, 0.4) is 0 Å². The molecule has 1 aliphatic heterocycles. The monoisotopic (exact) mass is 297 g/mol. The lowest BCUT2D eigenvalue weighted by Gasteiger charge is -2.23. The summed E-state index contributed by atoms with van der Waals surface area (Å²) in [6, 6.07) is 8.72. The molecule has 2 rings (SSSR count). The fourth-order valence-corrected chi connectivity index (χ4v) is 2.18. The molecule has 1 saturated heterocycles. The predicted octanol–water partition coefficient (Wildman–Crippen LogP) is 0.893. The highest BCUT2D eigenvalue weighted by atomic mass is 35.5. The van der Waals surface area contributed by atoms with Gasteiger partial charge in [-0.05, 0) is 18.4 Å². The van der Waals surface area contributed by atoms with Crippen LogP contribution in [0.1, 0.15) is 30.9 Å². The van der Waals surface area contributed by atoms with E-state index in [0.29, 0.717) is 13.0 Å². The zero-order valence-electron chi connectivity index (χ0n) is 11.2. The van der Waals surface area contributed by atoms with Crippen molar-refractivity contribution in [2.45, 2.75) is 31.3 Å². The maximum atomic E-state index is 11.9. The summed E-state index contributed by atoms with van der Waals surface area (Å²) in [7, 11) is 0. The summed E-state index contributed by atoms with van der Waals surface area (Å²) in [6.07, 6.45) is 1.77. The Morgan fingerprint density at radius 2 is 2.10 bits per heavy atom. The second kappa shape index (κ2) is 7.87. The van der Waals surface area contributed by atoms with Crippen LogP contribution in [0, 0.1) is 0 Å². The van der Waals surface area contributed by atoms with E-state index in [2.05, 4.69) is 10.6 Å². The Morgan fingerprint density at radius 3 is 2.75 bits per heavy atom. The van der Waals surface area contributed by atoms with Crippen molar-refractivity contribution < 1.29 is 9.59 Å². The molecular weight excluding hydrogens is 278 g/mol. The Bertz CT molecular complexity index is 453. The van der Waals surface area contributed by atoms with E-state index >= 15 is 0 Å². The van der Waals surface area contributed by atoms with Gasteiger partial charge in [-0.3, -0.25) is 9.59 Å². The zero-order valence-corrected chi connectivity index (χ0v) is 12.0. The highest BCUT2D eigenvalue weighted by molar-refractivity contribution is 5.88. The molecule has 1 aromatic carbocycles. The van der Waals surface area contributed by atoms with Gasteiger partial charge in [-0.25, -0.2) is 0 Å². The third kappa shape index (κ3) is 4.51. The van der Waals surface area contributed by atoms with Gasteiger partial charge < -0.3 is 16.4 Å². The molecule has 0 aliphatic carbocycles. The van der Waals surface area contributed by atoms with Gasteiger partial charge in [0.2, 0.25) is 11.8 Å². The molecule has 2 unspecified atom stereocenters. The first-order chi connectivity index (χ1) is 9.16. The van der Waals surface area contributed by atoms with Crippen molar-refractivity contribution in [1.29, 1.82) is 0 Å². The third-order valence-corrected chi connectivity index (χ3v) is 3.25. The number of nitrogens with one attached hydrogen (secondary N) is 2. The van der Waals surface area contributed by atoms with Crippen LogP contribution >= 0.6 is 12.4 Å². The average Bonchev–Trinajstić information content (AvgIpc) is 2.42. The number of amides is 2. The first-order valence-corrected chi connectivity index (χ1v) is 6.54. The molecule has 6 heteroatoms. The van der Waals surface area contributed by atoms with Gasteiger partial charge in [0.1, 0.15) is 6.04 Å². The van der Waals surface area contributed by atoms with Gasteiger partial charge in [-0.15, -0.1) is 12.4 Å². The number of benzene rings is 1. The number of carbonyl (C=O) groups is 2. The first-order valence-electron chi connectivity index (χ1n) is 6.54. The van der Waals surface area contributed by atoms with Gasteiger partial charge in [0.25, 0.3) is 0 Å². The van der Waals surface area contributed by atoms with E-state index in [4.69, 9.17) is 5.73 Å². The van der Waals surface area contributed by atoms with E-state index in [-0.39, 0.29) is 36.7 Å². The molecule has 0 spiro atoms. The number of rotatable bonds is 4. The Labute approximate surface area is 124 Å². The molecule has 1 heterocycles. The maximum Gasteiger partial charge on any atom is 0.242 e. The van der Waals surface area contributed by atoms with Crippen LogP contribution in [-0.2, 0) is 9.59 Å². The van der Waals surface area contributed by atoms with Gasteiger partial charge in [0.15, 0.2) is 0 Å². The summed E-state index contributed by atoms with van der Waals surface area (Å²) in [5.41, 5.74) is 6.90. The molecule has 2 amide bonds. The number of hydrogen-bond donors (Lipinski definition) is 3. The van der Waals surface area contributed by atoms with E-state index in [9.17, 15) is 9.59 Å². The molecule has 5 nitrogen and oxygen atoms in total. The summed E-state index contributed by atoms with van der Waals surface area (Å²) in [4.78, 5) is 23.4. The third-order valence-electron chi connectivity index (χ3n) is 3.25. The molecule has 0 bridgehead atoms. The smallest absolute Gasteiger partial charge is 0.242 e. The Balaban J connectivity index is 0.00000200. The lowest BCUT2D eigenvalue weighted by Crippen LogP contribution is -2.50. The van der Waals surface area contributed by atoms with E-state index in [1.165, 1.54) is 0 Å². The SMILES string of the molecule is Cl.NC(CC(=O)NC1CCCNC1=O)c1ccccc1. The van der Waals surface area contributed by atoms with Crippen LogP contribution in [0.5, 0.6) is 0 Å². The molecule has 0 radical (unpaired) electrons. The Kier molecular flexibility index (Phi) is 6.48. The van der Waals surface area contributed by atoms with Crippen molar-refractivity contribution in [1.82, 2.24) is 10.6 Å². The topological polar surface area (TPSA) is 84.2 Å². The molecule has 0 aromatic heterocycles. The van der Waals surface area contributed by atoms with E-state index in [1.807, 2.05) is 30.3 Å². The van der Waals surface area contributed by atoms with Crippen molar-refractivity contribution in [2.75, 3.05) is 6.54 Å². The highest BCUT2D eigenvalue weighted by Gasteiger charge is 2.24. The lowest BCUT2D eigenvalue weighted by molar-refractivity contribution is -0.130. The number of carbonyl (C=O) groups excluding carboxylic acids is 2. The quantitative estimate of drug-likeness (QED) is 0.772. The van der Waals surface area contributed by atoms with Crippen molar-refractivity contribution in [3.8, 4) is 0 Å². The van der Waals surface area contributed by atoms with Crippen molar-refractivity contribution in [3.05, 3.63) is 35.9 Å². The minimum atomic E-state index is -0.413. The van der Waals surface area contributed by atoms with E-state index in [1.54, 1.807) is 0 Å². The molecule has 2 atom stereocenters. The molecule has 1 aliphatic rings. The second-order valence-electron chi connectivity index (χ2n) is 4.77. The van der Waals surface area contributed by atoms with Gasteiger partial charge >= 0.3 is 0 Å². The van der Waals surface area contributed by atoms with E-state index in [0.717, 1.165) is 12.0 Å². The predicted molar refractivity (Wildman–Crippen MR) is 79.4 cm³/mol. The van der Waals surface area contributed by atoms with Crippen molar-refractivity contribution in [3.63, 3.8) is 0 Å². The fraction of sp³-hybridized carbons (Fsp3) is 0.429. The van der Waals surface area contributed by atoms with Crippen LogP contribution in [0.2, 0.25) is 0 Å². The number of piperidine rings is 1. The molecule has 4 N–H and O–H groups in total. The van der Waals surface area contributed by atoms with E-state index < -0.39 is 6.04 Å². The number of nitrogens with two attached hydrogens (primary N) is 1. The van der Waals surface area contributed by atoms with Crippen LogP contribution in [0.4, 0.5) is 0 Å². The van der Waals surface area contributed by atoms with Gasteiger partial charge in [-0.2, -0.15) is 0 Å². The summed E-state index contributed by atoms with van der Waals surface area (Å²) in [5.74, 6) is -0.286. The largest absolute Gasteiger partial charge is 0.354 e. The molecule has 0 saturated carbocycles. The number of halogens is 1. The summed E-state index contributed by atoms with van der Waals surface area (Å²) in [6.45, 7) is 0.689. The minimum Gasteiger partial charge on any atom is -0.354 e. The van der Waals surface area contributed by atoms with Gasteiger partial charge in [0, 0.05) is 19.0 Å². The van der Waals surface area contributed by atoms with Crippen LogP contribution in [0.25, 0.3) is 0 Å². The lowest BCUT2D eigenvalue weighted by atomic mass is 10.0. The van der Waals surface area contributed by atoms with Crippen molar-refractivity contribution in [2.24, 2.45) is 5.73 Å². The average molecular weight is 298 g/mol. The Morgan fingerprint density at radius 1 is 1.40 bits per heavy atom. The van der Waals surface area contributed by atoms with Crippen LogP contribution in [0.15, 0.2) is 30.3 Å². The zero-order chi connectivity index (χ0) is 13.7. The summed E-state index contributed by atoms with van der Waals surface area (Å²) < 4.78 is 0. The van der Waals surface area contributed by atoms with Crippen LogP contribution in [-0.4, -0.2) is 24.4 Å². The first kappa shape index (κ1) is 16.5. The normalized spacial score (nSPS) is 19.4. The fourth-order valence-electron chi connectivity index (χ4n) is 2.18. The molecular formula is C14H20ClN3O2. The molecule has 1 aromatic rings. The maximum absolute atomic E-state index is 11.9. The number of hydrogen-bond acceptors (Lipinski definition) is 3. The summed E-state index contributed by atoms with van der Waals surface area (Å²) >= 11 is 0. The standard InChI is InChI=1S/C14H19N3O2.ClH/c15-11(10-5-2-1-3-6-10)9-13(18)17-12-7-4-8-16-14(12)19;/h1-3,5-6,11-12H,4,7-9,15H2,(H,16,19)(H,17,18);1H. The molecule has 20 heavy (non-hydrogen) atoms. The second-order valence-corrected chi connectivity index (χ2v) is 4.77. The van der Waals surface area contributed by atoms with Gasteiger partial charge in [-0.1, -0.05) is 30.3 Å². The molecule has 1 fully saturated rings. The van der Waals surface area contributed by atoms with Crippen LogP contribution < -0.4 is 16.4 Å². The molecule has 110 valence electrons. The summed E-state index contributed by atoms with van der Waals surface area (Å²) in [5, 5.41) is 5.48. The van der Waals surface area contributed by atoms with Crippen molar-refractivity contribution >= 4 is 24.2 Å². The minimum absolute atomic E-state index is 0. The Hall–Kier alpha value is -1.59. The van der Waals surface area contributed by atoms with Gasteiger partial charge in [0.05, 0.1) is 0 Å².